The van der Waals surface area contributed by atoms with E-state index in [2.05, 4.69) is 21.2 Å². The lowest BCUT2D eigenvalue weighted by Crippen LogP contribution is -2.59. The number of hydrogen-bond donors (Lipinski definition) is 2. The molecule has 0 aromatic heterocycles. The number of nitrogens with one attached hydrogen (secondary N) is 1. The highest BCUT2D eigenvalue weighted by molar-refractivity contribution is 9.11. The number of esters is 1. The van der Waals surface area contributed by atoms with Crippen LogP contribution in [0.3, 0.4) is 0 Å². The summed E-state index contributed by atoms with van der Waals surface area (Å²) in [7, 11) is 1.50. The molecule has 4 aliphatic rings. The van der Waals surface area contributed by atoms with Crippen LogP contribution in [-0.2, 0) is 33.4 Å². The molecule has 2 N–H and O–H groups in total. The summed E-state index contributed by atoms with van der Waals surface area (Å²) in [5.74, 6) is -4.37. The fourth-order valence-electron chi connectivity index (χ4n) is 7.87. The van der Waals surface area contributed by atoms with Gasteiger partial charge < -0.3 is 34.4 Å². The van der Waals surface area contributed by atoms with Crippen molar-refractivity contribution in [3.05, 3.63) is 87.9 Å². The number of benzene rings is 2. The number of halogens is 2. The summed E-state index contributed by atoms with van der Waals surface area (Å²) < 4.78 is 19.0. The third-order valence-electron chi connectivity index (χ3n) is 10.5. The van der Waals surface area contributed by atoms with Crippen molar-refractivity contribution >= 4 is 56.9 Å². The molecule has 9 atom stereocenters. The van der Waals surface area contributed by atoms with Gasteiger partial charge in [-0.1, -0.05) is 90.3 Å². The number of hydrogen-bond acceptors (Lipinski definition) is 8. The first-order chi connectivity index (χ1) is 24.6. The van der Waals surface area contributed by atoms with Gasteiger partial charge in [-0.15, -0.1) is 0 Å². The SMILES string of the molecule is CC[C@H](C)[C@H](CO)N1C(=O)[C@@H]2[C@H]3C(=O)O[C@@H](c4ccccc4)[C@H](COC)NC(=O)CC/C=C\CN(c4ccc(Cl)cc4)C(=O)[C@@H]1[C@]21C=C(Br)[C@H]3O1. The van der Waals surface area contributed by atoms with Crippen molar-refractivity contribution in [3.63, 3.8) is 0 Å². The Hall–Kier alpha value is -3.55. The van der Waals surface area contributed by atoms with Crippen molar-refractivity contribution in [3.8, 4) is 0 Å². The molecule has 0 radical (unpaired) electrons. The standard InChI is InChI=1S/C38H43BrClN3O8/c1-4-22(2)28(20-44)43-34-36(47)42(25-16-14-24(40)15-17-25)18-10-6-9-13-29(45)41-27(21-49-3)32(23-11-7-5-8-12-23)50-37(48)30-31(35(43)46)38(34)19-26(39)33(30)51-38/h5-8,10-12,14-17,19,22,27-28,30-34,44H,4,9,13,18,20-21H2,1-3H3,(H,41,45)/b10-6-/t22-,27-,28-,30+,31-,32-,33+,34+,38-/m0/s1. The summed E-state index contributed by atoms with van der Waals surface area (Å²) in [6.45, 7) is 3.63. The molecule has 2 aromatic rings. The maximum atomic E-state index is 15.2. The van der Waals surface area contributed by atoms with Gasteiger partial charge in [0.15, 0.2) is 0 Å². The van der Waals surface area contributed by atoms with Crippen LogP contribution in [0.15, 0.2) is 77.3 Å². The Labute approximate surface area is 311 Å². The van der Waals surface area contributed by atoms with E-state index >= 15 is 4.79 Å². The number of anilines is 1. The lowest BCUT2D eigenvalue weighted by molar-refractivity contribution is -0.163. The number of aliphatic hydroxyl groups is 1. The summed E-state index contributed by atoms with van der Waals surface area (Å²) >= 11 is 9.84. The number of likely N-dealkylation sites (tertiary alicyclic amines) is 1. The van der Waals surface area contributed by atoms with E-state index in [0.29, 0.717) is 33.6 Å². The van der Waals surface area contributed by atoms with Crippen LogP contribution in [0.4, 0.5) is 5.69 Å². The van der Waals surface area contributed by atoms with Crippen LogP contribution in [0.1, 0.15) is 44.8 Å². The highest BCUT2D eigenvalue weighted by atomic mass is 79.9. The van der Waals surface area contributed by atoms with E-state index in [-0.39, 0.29) is 31.4 Å². The Bertz CT molecular complexity index is 1690. The van der Waals surface area contributed by atoms with E-state index in [9.17, 15) is 19.5 Å². The molecule has 0 saturated carbocycles. The third-order valence-corrected chi connectivity index (χ3v) is 11.5. The first kappa shape index (κ1) is 37.2. The van der Waals surface area contributed by atoms with Crippen LogP contribution < -0.4 is 10.2 Å². The number of nitrogens with zero attached hydrogens (tertiary/aromatic N) is 2. The first-order valence-electron chi connectivity index (χ1n) is 17.3. The average molecular weight is 785 g/mol. The molecule has 0 unspecified atom stereocenters. The molecule has 13 heteroatoms. The number of methoxy groups -OCH3 is 1. The van der Waals surface area contributed by atoms with Gasteiger partial charge in [0.1, 0.15) is 29.8 Å². The molecule has 51 heavy (non-hydrogen) atoms. The molecule has 11 nitrogen and oxygen atoms in total. The Balaban J connectivity index is 1.52. The second-order valence-corrected chi connectivity index (χ2v) is 14.9. The van der Waals surface area contributed by atoms with Gasteiger partial charge >= 0.3 is 5.97 Å². The summed E-state index contributed by atoms with van der Waals surface area (Å²) in [6, 6.07) is 13.1. The van der Waals surface area contributed by atoms with Crippen molar-refractivity contribution < 1.29 is 38.5 Å². The number of amides is 3. The fraction of sp³-hybridized carbons (Fsp3) is 0.474. The van der Waals surface area contributed by atoms with Gasteiger partial charge in [-0.2, -0.15) is 0 Å². The topological polar surface area (TPSA) is 135 Å². The number of ether oxygens (including phenoxy) is 3. The number of cyclic esters (lactones) is 1. The predicted molar refractivity (Wildman–Crippen MR) is 194 cm³/mol. The van der Waals surface area contributed by atoms with Gasteiger partial charge in [0.05, 0.1) is 31.2 Å². The second-order valence-electron chi connectivity index (χ2n) is 13.5. The normalized spacial score (nSPS) is 31.5. The zero-order chi connectivity index (χ0) is 36.4. The third kappa shape index (κ3) is 6.89. The van der Waals surface area contributed by atoms with Crippen LogP contribution in [0.2, 0.25) is 5.02 Å². The molecular weight excluding hydrogens is 742 g/mol. The zero-order valence-corrected chi connectivity index (χ0v) is 31.1. The lowest BCUT2D eigenvalue weighted by Gasteiger charge is -2.40. The Morgan fingerprint density at radius 3 is 2.45 bits per heavy atom. The summed E-state index contributed by atoms with van der Waals surface area (Å²) in [6.07, 6.45) is 4.62. The highest BCUT2D eigenvalue weighted by Gasteiger charge is 2.75. The van der Waals surface area contributed by atoms with Crippen LogP contribution in [0.25, 0.3) is 0 Å². The molecular formula is C38H43BrClN3O8. The van der Waals surface area contributed by atoms with E-state index in [1.807, 2.05) is 38.1 Å². The van der Waals surface area contributed by atoms with Crippen LogP contribution in [-0.4, -0.2) is 90.4 Å². The number of fused-ring (bicyclic) bond motifs is 2. The fourth-order valence-corrected chi connectivity index (χ4v) is 8.73. The Morgan fingerprint density at radius 2 is 1.78 bits per heavy atom. The van der Waals surface area contributed by atoms with Crippen molar-refractivity contribution in [2.75, 3.05) is 31.8 Å². The maximum Gasteiger partial charge on any atom is 0.313 e. The lowest BCUT2D eigenvalue weighted by atomic mass is 9.74. The van der Waals surface area contributed by atoms with E-state index in [0.717, 1.165) is 0 Å². The number of allylic oxidation sites excluding steroid dienone is 1. The van der Waals surface area contributed by atoms with Crippen molar-refractivity contribution in [2.24, 2.45) is 17.8 Å². The Kier molecular flexibility index (Phi) is 11.4. The zero-order valence-electron chi connectivity index (χ0n) is 28.7. The highest BCUT2D eigenvalue weighted by Crippen LogP contribution is 2.59. The van der Waals surface area contributed by atoms with Gasteiger partial charge in [0.2, 0.25) is 11.8 Å². The number of aliphatic hydroxyl groups excluding tert-OH is 1. The van der Waals surface area contributed by atoms with Crippen molar-refractivity contribution in [1.82, 2.24) is 10.2 Å². The van der Waals surface area contributed by atoms with Crippen molar-refractivity contribution in [1.29, 1.82) is 0 Å². The van der Waals surface area contributed by atoms with Gasteiger partial charge in [-0.3, -0.25) is 19.2 Å². The average Bonchev–Trinajstić information content (AvgIpc) is 3.72. The molecule has 5 bridgehead atoms. The number of carbonyl (C=O) groups is 4. The van der Waals surface area contributed by atoms with Crippen molar-refractivity contribution in [2.45, 2.75) is 69.0 Å². The summed E-state index contributed by atoms with van der Waals surface area (Å²) in [4.78, 5) is 60.9. The molecule has 0 aliphatic carbocycles. The molecule has 3 amide bonds. The smallest absolute Gasteiger partial charge is 0.313 e. The minimum Gasteiger partial charge on any atom is -0.455 e. The molecule has 2 fully saturated rings. The minimum absolute atomic E-state index is 0.0440. The quantitative estimate of drug-likeness (QED) is 0.291. The van der Waals surface area contributed by atoms with E-state index in [1.165, 1.54) is 12.0 Å². The molecule has 2 aromatic carbocycles. The molecule has 1 spiro atoms. The molecule has 4 heterocycles. The van der Waals surface area contributed by atoms with Crippen LogP contribution in [0, 0.1) is 17.8 Å². The van der Waals surface area contributed by atoms with E-state index in [1.54, 1.807) is 53.5 Å². The Morgan fingerprint density at radius 1 is 1.06 bits per heavy atom. The largest absolute Gasteiger partial charge is 0.455 e. The van der Waals surface area contributed by atoms with Gasteiger partial charge in [0.25, 0.3) is 5.91 Å². The summed E-state index contributed by atoms with van der Waals surface area (Å²) in [5.41, 5.74) is -0.393. The second kappa shape index (κ2) is 15.6. The van der Waals surface area contributed by atoms with Gasteiger partial charge in [-0.25, -0.2) is 0 Å². The number of carbonyl (C=O) groups excluding carboxylic acids is 4. The number of rotatable bonds is 8. The molecule has 6 rings (SSSR count). The molecule has 272 valence electrons. The van der Waals surface area contributed by atoms with Gasteiger partial charge in [0, 0.05) is 35.3 Å². The minimum atomic E-state index is -1.55. The van der Waals surface area contributed by atoms with E-state index < -0.39 is 72.2 Å². The monoisotopic (exact) mass is 783 g/mol. The predicted octanol–water partition coefficient (Wildman–Crippen LogP) is 4.72. The summed E-state index contributed by atoms with van der Waals surface area (Å²) in [5, 5.41) is 14.3. The van der Waals surface area contributed by atoms with E-state index in [4.69, 9.17) is 25.8 Å². The van der Waals surface area contributed by atoms with Gasteiger partial charge in [-0.05, 0) is 48.2 Å². The first-order valence-corrected chi connectivity index (χ1v) is 18.5. The van der Waals surface area contributed by atoms with Crippen LogP contribution >= 0.6 is 27.5 Å². The molecule has 4 aliphatic heterocycles. The maximum absolute atomic E-state index is 15.2. The molecule has 2 saturated heterocycles. The van der Waals surface area contributed by atoms with Crippen LogP contribution in [0.5, 0.6) is 0 Å².